The number of piperidine rings is 1. The summed E-state index contributed by atoms with van der Waals surface area (Å²) in [7, 11) is 0. The number of phenols is 1. The summed E-state index contributed by atoms with van der Waals surface area (Å²) in [5.41, 5.74) is 3.34. The Morgan fingerprint density at radius 2 is 2.06 bits per heavy atom. The number of nitrogens with zero attached hydrogens (tertiary/aromatic N) is 2. The Balaban J connectivity index is 1.50. The van der Waals surface area contributed by atoms with E-state index in [2.05, 4.69) is 41.6 Å². The molecule has 1 saturated heterocycles. The molecule has 2 aliphatic rings. The smallest absolute Gasteiger partial charge is 0.231 e. The van der Waals surface area contributed by atoms with Crippen molar-refractivity contribution < 1.29 is 14.6 Å². The van der Waals surface area contributed by atoms with Crippen molar-refractivity contribution in [1.29, 1.82) is 0 Å². The number of hydrogen-bond donors (Lipinski definition) is 1. The third-order valence-corrected chi connectivity index (χ3v) is 6.49. The molecule has 1 N–H and O–H groups in total. The van der Waals surface area contributed by atoms with E-state index in [0.717, 1.165) is 42.5 Å². The third-order valence-electron chi connectivity index (χ3n) is 6.49. The summed E-state index contributed by atoms with van der Waals surface area (Å²) in [6.07, 6.45) is 6.29. The lowest BCUT2D eigenvalue weighted by atomic mass is 9.99. The Morgan fingerprint density at radius 1 is 1.23 bits per heavy atom. The monoisotopic (exact) mass is 416 g/mol. The van der Waals surface area contributed by atoms with Crippen molar-refractivity contribution >= 4 is 22.8 Å². The average molecular weight is 417 g/mol. The van der Waals surface area contributed by atoms with Gasteiger partial charge in [-0.2, -0.15) is 0 Å². The Bertz CT molecular complexity index is 1190. The van der Waals surface area contributed by atoms with Crippen LogP contribution in [0.3, 0.4) is 0 Å². The molecule has 0 aliphatic carbocycles. The van der Waals surface area contributed by atoms with Crippen LogP contribution < -0.4 is 4.74 Å². The van der Waals surface area contributed by atoms with Gasteiger partial charge in [0.1, 0.15) is 11.5 Å². The second-order valence-corrected chi connectivity index (χ2v) is 8.75. The number of carbonyl (C=O) groups excluding carboxylic acids is 1. The van der Waals surface area contributed by atoms with E-state index in [0.29, 0.717) is 35.1 Å². The lowest BCUT2D eigenvalue weighted by Crippen LogP contribution is -2.33. The summed E-state index contributed by atoms with van der Waals surface area (Å²) >= 11 is 0. The van der Waals surface area contributed by atoms with Gasteiger partial charge in [-0.05, 0) is 56.5 Å². The standard InChI is InChI=1S/C26H28N2O3/c1-3-28-15-18(19-8-4-5-9-22(19)28)13-24-25(30)20-10-11-23(29)21(26(20)31-24)16-27-12-6-7-17(2)14-27/h4-5,8-11,13,15,17,29H,3,6-7,12,14,16H2,1-2H3/t17-/m0/s1. The fourth-order valence-corrected chi connectivity index (χ4v) is 4.90. The molecular weight excluding hydrogens is 388 g/mol. The maximum atomic E-state index is 13.1. The van der Waals surface area contributed by atoms with Gasteiger partial charge in [0, 0.05) is 42.3 Å². The van der Waals surface area contributed by atoms with E-state index < -0.39 is 0 Å². The van der Waals surface area contributed by atoms with Gasteiger partial charge in [0.2, 0.25) is 5.78 Å². The minimum absolute atomic E-state index is 0.128. The van der Waals surface area contributed by atoms with Crippen LogP contribution in [-0.2, 0) is 13.1 Å². The van der Waals surface area contributed by atoms with Crippen molar-refractivity contribution in [3.05, 3.63) is 65.0 Å². The number of ether oxygens (including phenoxy) is 1. The van der Waals surface area contributed by atoms with Crippen molar-refractivity contribution in [3.8, 4) is 11.5 Å². The summed E-state index contributed by atoms with van der Waals surface area (Å²) in [6.45, 7) is 7.80. The van der Waals surface area contributed by atoms with Crippen LogP contribution in [0.1, 0.15) is 48.2 Å². The Labute approximate surface area is 182 Å². The zero-order valence-corrected chi connectivity index (χ0v) is 18.1. The fraction of sp³-hybridized carbons (Fsp3) is 0.346. The van der Waals surface area contributed by atoms with Crippen molar-refractivity contribution in [2.75, 3.05) is 13.1 Å². The zero-order valence-electron chi connectivity index (χ0n) is 18.1. The van der Waals surface area contributed by atoms with Gasteiger partial charge in [0.15, 0.2) is 5.76 Å². The predicted molar refractivity (Wildman–Crippen MR) is 122 cm³/mol. The van der Waals surface area contributed by atoms with Gasteiger partial charge in [-0.15, -0.1) is 0 Å². The first-order chi connectivity index (χ1) is 15.0. The van der Waals surface area contributed by atoms with Crippen molar-refractivity contribution in [3.63, 3.8) is 0 Å². The number of Topliss-reactive ketones (excluding diaryl/α,β-unsaturated/α-hetero) is 1. The average Bonchev–Trinajstić information content (AvgIpc) is 3.28. The van der Waals surface area contributed by atoms with Gasteiger partial charge < -0.3 is 14.4 Å². The Hall–Kier alpha value is -3.05. The number of aromatic hydroxyl groups is 1. The van der Waals surface area contributed by atoms with Gasteiger partial charge in [0.05, 0.1) is 11.1 Å². The molecule has 1 aromatic heterocycles. The molecule has 0 radical (unpaired) electrons. The first kappa shape index (κ1) is 19.9. The largest absolute Gasteiger partial charge is 0.507 e. The van der Waals surface area contributed by atoms with Crippen LogP contribution in [0.2, 0.25) is 0 Å². The molecule has 2 aromatic carbocycles. The van der Waals surface area contributed by atoms with Gasteiger partial charge in [-0.1, -0.05) is 25.1 Å². The summed E-state index contributed by atoms with van der Waals surface area (Å²) < 4.78 is 8.28. The van der Waals surface area contributed by atoms with E-state index >= 15 is 0 Å². The first-order valence-electron chi connectivity index (χ1n) is 11.1. The van der Waals surface area contributed by atoms with Crippen molar-refractivity contribution in [2.24, 2.45) is 5.92 Å². The number of aryl methyl sites for hydroxylation is 1. The van der Waals surface area contributed by atoms with Crippen LogP contribution in [-0.4, -0.2) is 33.4 Å². The maximum Gasteiger partial charge on any atom is 0.231 e. The van der Waals surface area contributed by atoms with Crippen LogP contribution >= 0.6 is 0 Å². The van der Waals surface area contributed by atoms with E-state index in [9.17, 15) is 9.90 Å². The van der Waals surface area contributed by atoms with Crippen molar-refractivity contribution in [1.82, 2.24) is 9.47 Å². The summed E-state index contributed by atoms with van der Waals surface area (Å²) in [4.78, 5) is 15.5. The normalized spacial score (nSPS) is 20.4. The minimum atomic E-state index is -0.128. The molecule has 2 aliphatic heterocycles. The second-order valence-electron chi connectivity index (χ2n) is 8.75. The molecule has 5 rings (SSSR count). The zero-order chi connectivity index (χ0) is 21.5. The number of benzene rings is 2. The number of carbonyl (C=O) groups is 1. The highest BCUT2D eigenvalue weighted by molar-refractivity contribution is 6.15. The number of ketones is 1. The van der Waals surface area contributed by atoms with E-state index in [1.807, 2.05) is 18.2 Å². The molecule has 31 heavy (non-hydrogen) atoms. The summed E-state index contributed by atoms with van der Waals surface area (Å²) in [5, 5.41) is 11.7. The fourth-order valence-electron chi connectivity index (χ4n) is 4.90. The SMILES string of the molecule is CCn1cc(C=C2Oc3c(ccc(O)c3CN3CCC[C@H](C)C3)C2=O)c2ccccc21. The molecule has 1 atom stereocenters. The van der Waals surface area contributed by atoms with Gasteiger partial charge in [0.25, 0.3) is 0 Å². The Kier molecular flexibility index (Phi) is 5.06. The molecule has 3 heterocycles. The molecule has 5 heteroatoms. The lowest BCUT2D eigenvalue weighted by Gasteiger charge is -2.31. The van der Waals surface area contributed by atoms with Crippen LogP contribution in [0.5, 0.6) is 11.5 Å². The number of fused-ring (bicyclic) bond motifs is 2. The molecular formula is C26H28N2O3. The predicted octanol–water partition coefficient (Wildman–Crippen LogP) is 5.21. The van der Waals surface area contributed by atoms with Gasteiger partial charge in [-0.3, -0.25) is 9.69 Å². The summed E-state index contributed by atoms with van der Waals surface area (Å²) in [5.74, 6) is 1.52. The van der Waals surface area contributed by atoms with Crippen LogP contribution in [0.25, 0.3) is 17.0 Å². The molecule has 3 aromatic rings. The van der Waals surface area contributed by atoms with E-state index in [-0.39, 0.29) is 11.5 Å². The molecule has 0 saturated carbocycles. The molecule has 0 unspecified atom stereocenters. The second kappa shape index (κ2) is 7.89. The first-order valence-corrected chi connectivity index (χ1v) is 11.1. The van der Waals surface area contributed by atoms with Crippen molar-refractivity contribution in [2.45, 2.75) is 39.8 Å². The quantitative estimate of drug-likeness (QED) is 0.593. The van der Waals surface area contributed by atoms with Gasteiger partial charge in [-0.25, -0.2) is 0 Å². The molecule has 160 valence electrons. The number of allylic oxidation sites excluding steroid dienone is 1. The number of aromatic nitrogens is 1. The van der Waals surface area contributed by atoms with Crippen LogP contribution in [0, 0.1) is 5.92 Å². The van der Waals surface area contributed by atoms with E-state index in [4.69, 9.17) is 4.74 Å². The molecule has 0 spiro atoms. The maximum absolute atomic E-state index is 13.1. The topological polar surface area (TPSA) is 54.7 Å². The van der Waals surface area contributed by atoms with E-state index in [1.165, 1.54) is 6.42 Å². The highest BCUT2D eigenvalue weighted by atomic mass is 16.5. The third kappa shape index (κ3) is 3.53. The number of phenolic OH excluding ortho intramolecular Hbond substituents is 1. The lowest BCUT2D eigenvalue weighted by molar-refractivity contribution is 0.101. The minimum Gasteiger partial charge on any atom is -0.507 e. The number of rotatable bonds is 4. The summed E-state index contributed by atoms with van der Waals surface area (Å²) in [6, 6.07) is 11.5. The van der Waals surface area contributed by atoms with Crippen LogP contribution in [0.4, 0.5) is 0 Å². The highest BCUT2D eigenvalue weighted by Gasteiger charge is 2.32. The molecule has 1 fully saturated rings. The number of para-hydroxylation sites is 1. The molecule has 5 nitrogen and oxygen atoms in total. The molecule has 0 amide bonds. The van der Waals surface area contributed by atoms with Crippen LogP contribution in [0.15, 0.2) is 48.4 Å². The molecule has 0 bridgehead atoms. The Morgan fingerprint density at radius 3 is 2.87 bits per heavy atom. The van der Waals surface area contributed by atoms with Gasteiger partial charge >= 0.3 is 0 Å². The number of hydrogen-bond acceptors (Lipinski definition) is 4. The number of likely N-dealkylation sites (tertiary alicyclic amines) is 1. The highest BCUT2D eigenvalue weighted by Crippen LogP contribution is 2.41. The van der Waals surface area contributed by atoms with E-state index in [1.54, 1.807) is 12.1 Å².